The SMILES string of the molecule is CC[C@H](C)[C@@H]([C@H](CC(=O)N1CCC[C@H]1[C@H](OC)[C@@H](C)C(=O)N[C@@H](Cc1ccccc1)CS(N)(=O)=O)OC)N(C)C(=O)[C@@H](NC(=O)O)C(C)C. The summed E-state index contributed by atoms with van der Waals surface area (Å²) in [7, 11) is 0.677. The number of carbonyl (C=O) groups is 4. The molecule has 1 aliphatic rings. The lowest BCUT2D eigenvalue weighted by atomic mass is 9.89. The molecule has 0 bridgehead atoms. The summed E-state index contributed by atoms with van der Waals surface area (Å²) in [4.78, 5) is 55.8. The fourth-order valence-electron chi connectivity index (χ4n) is 6.84. The van der Waals surface area contributed by atoms with Crippen molar-refractivity contribution in [3.05, 3.63) is 35.9 Å². The lowest BCUT2D eigenvalue weighted by Crippen LogP contribution is -2.57. The number of primary sulfonamides is 1. The number of hydrogen-bond acceptors (Lipinski definition) is 8. The van der Waals surface area contributed by atoms with Crippen LogP contribution in [-0.4, -0.2) is 117 Å². The van der Waals surface area contributed by atoms with Crippen molar-refractivity contribution in [3.63, 3.8) is 0 Å². The molecule has 0 radical (unpaired) electrons. The van der Waals surface area contributed by atoms with Crippen LogP contribution in [0.5, 0.6) is 0 Å². The van der Waals surface area contributed by atoms with Crippen molar-refractivity contribution >= 4 is 33.8 Å². The third-order valence-corrected chi connectivity index (χ3v) is 10.4. The van der Waals surface area contributed by atoms with Gasteiger partial charge in [-0.1, -0.05) is 71.4 Å². The summed E-state index contributed by atoms with van der Waals surface area (Å²) >= 11 is 0. The van der Waals surface area contributed by atoms with E-state index in [0.717, 1.165) is 5.56 Å². The van der Waals surface area contributed by atoms with Crippen LogP contribution in [0, 0.1) is 17.8 Å². The molecule has 4 amide bonds. The number of nitrogens with zero attached hydrogens (tertiary/aromatic N) is 2. The Morgan fingerprint density at radius 2 is 1.69 bits per heavy atom. The van der Waals surface area contributed by atoms with E-state index in [1.54, 1.807) is 32.7 Å². The van der Waals surface area contributed by atoms with Gasteiger partial charge in [-0.2, -0.15) is 0 Å². The lowest BCUT2D eigenvalue weighted by molar-refractivity contribution is -0.147. The van der Waals surface area contributed by atoms with Crippen LogP contribution in [0.4, 0.5) is 4.79 Å². The Kier molecular flexibility index (Phi) is 16.4. The molecule has 1 aromatic rings. The Balaban J connectivity index is 2.26. The van der Waals surface area contributed by atoms with Crippen LogP contribution < -0.4 is 15.8 Å². The second-order valence-corrected chi connectivity index (χ2v) is 15.1. The number of carbonyl (C=O) groups excluding carboxylic acids is 3. The zero-order valence-electron chi connectivity index (χ0n) is 30.1. The summed E-state index contributed by atoms with van der Waals surface area (Å²) in [6, 6.07) is 6.46. The van der Waals surface area contributed by atoms with Gasteiger partial charge in [0.1, 0.15) is 6.04 Å². The number of amides is 4. The quantitative estimate of drug-likeness (QED) is 0.166. The van der Waals surface area contributed by atoms with Crippen LogP contribution in [0.15, 0.2) is 30.3 Å². The number of rotatable bonds is 19. The molecule has 5 N–H and O–H groups in total. The van der Waals surface area contributed by atoms with Gasteiger partial charge in [-0.3, -0.25) is 14.4 Å². The summed E-state index contributed by atoms with van der Waals surface area (Å²) in [5.74, 6) is -2.64. The maximum Gasteiger partial charge on any atom is 0.405 e. The summed E-state index contributed by atoms with van der Waals surface area (Å²) in [5, 5.41) is 19.9. The van der Waals surface area contributed by atoms with Crippen LogP contribution in [0.2, 0.25) is 0 Å². The second-order valence-electron chi connectivity index (χ2n) is 13.5. The Bertz CT molecular complexity index is 1350. The maximum atomic E-state index is 14.0. The minimum absolute atomic E-state index is 0.0527. The normalized spacial score (nSPS) is 19.3. The smallest absolute Gasteiger partial charge is 0.405 e. The molecule has 0 aromatic heterocycles. The molecule has 8 atom stereocenters. The van der Waals surface area contributed by atoms with Gasteiger partial charge >= 0.3 is 6.09 Å². The summed E-state index contributed by atoms with van der Waals surface area (Å²) in [5.41, 5.74) is 0.841. The zero-order valence-corrected chi connectivity index (χ0v) is 30.9. The fourth-order valence-corrected chi connectivity index (χ4v) is 7.60. The predicted octanol–water partition coefficient (Wildman–Crippen LogP) is 2.21. The van der Waals surface area contributed by atoms with Crippen LogP contribution >= 0.6 is 0 Å². The first kappa shape index (κ1) is 41.9. The molecule has 1 aromatic carbocycles. The van der Waals surface area contributed by atoms with Crippen molar-refractivity contribution in [2.45, 2.75) is 103 Å². The van der Waals surface area contributed by atoms with Gasteiger partial charge in [-0.15, -0.1) is 0 Å². The second kappa shape index (κ2) is 19.2. The molecule has 1 fully saturated rings. The first-order chi connectivity index (χ1) is 22.9. The van der Waals surface area contributed by atoms with Crippen molar-refractivity contribution in [1.29, 1.82) is 0 Å². The number of ether oxygens (including phenoxy) is 2. The third kappa shape index (κ3) is 12.2. The van der Waals surface area contributed by atoms with Gasteiger partial charge in [-0.25, -0.2) is 18.4 Å². The molecular formula is C34H57N5O9S. The van der Waals surface area contributed by atoms with Crippen molar-refractivity contribution in [3.8, 4) is 0 Å². The molecule has 0 saturated carbocycles. The van der Waals surface area contributed by atoms with Crippen molar-refractivity contribution in [1.82, 2.24) is 20.4 Å². The van der Waals surface area contributed by atoms with Gasteiger partial charge in [0.25, 0.3) is 0 Å². The number of carboxylic acid groups (broad SMARTS) is 1. The number of benzene rings is 1. The lowest BCUT2D eigenvalue weighted by Gasteiger charge is -2.40. The number of methoxy groups -OCH3 is 2. The highest BCUT2D eigenvalue weighted by molar-refractivity contribution is 7.89. The number of likely N-dealkylation sites (tertiary alicyclic amines) is 1. The molecule has 1 saturated heterocycles. The first-order valence-electron chi connectivity index (χ1n) is 16.9. The number of likely N-dealkylation sites (N-methyl/N-ethyl adjacent to an activating group) is 1. The van der Waals surface area contributed by atoms with E-state index in [1.807, 2.05) is 44.2 Å². The summed E-state index contributed by atoms with van der Waals surface area (Å²) in [6.07, 6.45) is -0.525. The molecular weight excluding hydrogens is 654 g/mol. The average Bonchev–Trinajstić information content (AvgIpc) is 3.52. The molecule has 49 heavy (non-hydrogen) atoms. The third-order valence-electron chi connectivity index (χ3n) is 9.58. The topological polar surface area (TPSA) is 198 Å². The first-order valence-corrected chi connectivity index (χ1v) is 18.6. The molecule has 278 valence electrons. The molecule has 14 nitrogen and oxygen atoms in total. The highest BCUT2D eigenvalue weighted by Gasteiger charge is 2.43. The largest absolute Gasteiger partial charge is 0.465 e. The van der Waals surface area contributed by atoms with Crippen LogP contribution in [0.25, 0.3) is 0 Å². The summed E-state index contributed by atoms with van der Waals surface area (Å²) < 4.78 is 35.7. The molecule has 15 heteroatoms. The van der Waals surface area contributed by atoms with E-state index < -0.39 is 76.0 Å². The fraction of sp³-hybridized carbons (Fsp3) is 0.706. The average molecular weight is 712 g/mol. The Hall–Kier alpha value is -3.27. The highest BCUT2D eigenvalue weighted by Crippen LogP contribution is 2.29. The van der Waals surface area contributed by atoms with Crippen LogP contribution in [0.3, 0.4) is 0 Å². The van der Waals surface area contributed by atoms with Crippen LogP contribution in [0.1, 0.15) is 65.9 Å². The molecule has 1 heterocycles. The predicted molar refractivity (Wildman–Crippen MR) is 186 cm³/mol. The number of hydrogen-bond donors (Lipinski definition) is 4. The van der Waals surface area contributed by atoms with E-state index in [2.05, 4.69) is 10.6 Å². The molecule has 0 unspecified atom stereocenters. The van der Waals surface area contributed by atoms with E-state index in [1.165, 1.54) is 19.1 Å². The van der Waals surface area contributed by atoms with E-state index >= 15 is 0 Å². The van der Waals surface area contributed by atoms with E-state index in [9.17, 15) is 32.7 Å². The molecule has 1 aliphatic heterocycles. The zero-order chi connectivity index (χ0) is 37.1. The molecule has 0 aliphatic carbocycles. The highest BCUT2D eigenvalue weighted by atomic mass is 32.2. The van der Waals surface area contributed by atoms with E-state index in [0.29, 0.717) is 25.8 Å². The van der Waals surface area contributed by atoms with Gasteiger partial charge in [-0.05, 0) is 36.7 Å². The van der Waals surface area contributed by atoms with E-state index in [4.69, 9.17) is 14.6 Å². The Labute approximate surface area is 291 Å². The number of sulfonamides is 1. The van der Waals surface area contributed by atoms with Crippen molar-refractivity contribution in [2.24, 2.45) is 22.9 Å². The number of nitrogens with two attached hydrogens (primary N) is 1. The van der Waals surface area contributed by atoms with Gasteiger partial charge in [0.15, 0.2) is 0 Å². The van der Waals surface area contributed by atoms with Crippen molar-refractivity contribution < 1.29 is 42.2 Å². The van der Waals surface area contributed by atoms with Crippen molar-refractivity contribution in [2.75, 3.05) is 33.6 Å². The van der Waals surface area contributed by atoms with Gasteiger partial charge < -0.3 is 35.0 Å². The number of nitrogens with one attached hydrogen (secondary N) is 2. The van der Waals surface area contributed by atoms with Gasteiger partial charge in [0.05, 0.1) is 42.4 Å². The molecule has 0 spiro atoms. The van der Waals surface area contributed by atoms with Gasteiger partial charge in [0, 0.05) is 33.9 Å². The minimum atomic E-state index is -3.90. The minimum Gasteiger partial charge on any atom is -0.465 e. The summed E-state index contributed by atoms with van der Waals surface area (Å²) in [6.45, 7) is 9.57. The standard InChI is InChI=1S/C34H57N5O9S/c1-9-22(4)30(38(6)33(42)29(21(2)3)37-34(43)44)27(47-7)19-28(40)39-17-13-16-26(39)31(48-8)23(5)32(41)36-25(20-49(35,45)46)18-24-14-11-10-12-15-24/h10-12,14-15,21-23,25-27,29-31,37H,9,13,16-20H2,1-8H3,(H,36,41)(H,43,44)(H2,35,45,46)/t22-,23+,25-,26-,27-,29-,30-,31+/m0/s1. The molecule has 2 rings (SSSR count). The van der Waals surface area contributed by atoms with Gasteiger partial charge in [0.2, 0.25) is 27.7 Å². The van der Waals surface area contributed by atoms with Crippen LogP contribution in [-0.2, 0) is 40.3 Å². The van der Waals surface area contributed by atoms with E-state index in [-0.39, 0.29) is 30.6 Å². The monoisotopic (exact) mass is 711 g/mol. The Morgan fingerprint density at radius 3 is 2.20 bits per heavy atom. The Morgan fingerprint density at radius 1 is 1.06 bits per heavy atom. The maximum absolute atomic E-state index is 14.0.